The molecule has 0 saturated carbocycles. The molecule has 0 spiro atoms. The van der Waals surface area contributed by atoms with Gasteiger partial charge in [0.05, 0.1) is 0 Å². The van der Waals surface area contributed by atoms with Crippen LogP contribution in [0.25, 0.3) is 99.1 Å². The fourth-order valence-electron chi connectivity index (χ4n) is 13.9. The van der Waals surface area contributed by atoms with Crippen molar-refractivity contribution in [3.63, 3.8) is 0 Å². The molecule has 0 amide bonds. The van der Waals surface area contributed by atoms with Gasteiger partial charge in [0, 0.05) is 21.7 Å². The van der Waals surface area contributed by atoms with Crippen LogP contribution in [-0.4, -0.2) is 0 Å². The summed E-state index contributed by atoms with van der Waals surface area (Å²) in [5.74, 6) is 0. The summed E-state index contributed by atoms with van der Waals surface area (Å²) in [7, 11) is 0. The molecule has 0 nitrogen and oxygen atoms in total. The first-order valence-electron chi connectivity index (χ1n) is 23.3. The van der Waals surface area contributed by atoms with Crippen molar-refractivity contribution in [2.75, 3.05) is 0 Å². The number of hydrogen-bond acceptors (Lipinski definition) is 0. The van der Waals surface area contributed by atoms with E-state index in [4.69, 9.17) is 0 Å². The van der Waals surface area contributed by atoms with Gasteiger partial charge in [-0.25, -0.2) is 0 Å². The molecule has 0 aromatic heterocycles. The van der Waals surface area contributed by atoms with E-state index < -0.39 is 0 Å². The van der Waals surface area contributed by atoms with Gasteiger partial charge in [0.1, 0.15) is 0 Å². The van der Waals surface area contributed by atoms with Gasteiger partial charge < -0.3 is 0 Å². The Kier molecular flexibility index (Phi) is 6.69. The van der Waals surface area contributed by atoms with Gasteiger partial charge in [-0.15, -0.1) is 0 Å². The lowest BCUT2D eigenvalue weighted by Crippen LogP contribution is -2.18. The van der Waals surface area contributed by atoms with Crippen LogP contribution in [0.3, 0.4) is 0 Å². The van der Waals surface area contributed by atoms with E-state index in [0.29, 0.717) is 0 Å². The molecular formula is C64H50. The van der Waals surface area contributed by atoms with Crippen molar-refractivity contribution >= 4 is 32.3 Å². The van der Waals surface area contributed by atoms with E-state index in [0.717, 1.165) is 0 Å². The SMILES string of the molecule is CC1(C)c2ccccc2-c2c1ccc1c2C(C)(C)c2ccc(-c3ccc4ccc5c(-c6ccc7c(c6)-c6ccc8c(c6C7(C)C)-c6ccccc6C8(C)C)ccc6ccc3c4c65)cc2-1. The predicted molar refractivity (Wildman–Crippen MR) is 271 cm³/mol. The Morgan fingerprint density at radius 1 is 0.266 bits per heavy atom. The molecule has 10 aromatic rings. The first-order chi connectivity index (χ1) is 30.8. The smallest absolute Gasteiger partial charge is 0.0165 e. The Morgan fingerprint density at radius 2 is 0.625 bits per heavy atom. The highest BCUT2D eigenvalue weighted by Gasteiger charge is 2.46. The maximum absolute atomic E-state index is 2.50. The van der Waals surface area contributed by atoms with Crippen molar-refractivity contribution in [1.82, 2.24) is 0 Å². The molecule has 14 rings (SSSR count). The van der Waals surface area contributed by atoms with Crippen LogP contribution >= 0.6 is 0 Å². The van der Waals surface area contributed by atoms with E-state index in [1.807, 2.05) is 0 Å². The average molecular weight is 819 g/mol. The normalized spacial score (nSPS) is 16.9. The summed E-state index contributed by atoms with van der Waals surface area (Å²) in [4.78, 5) is 0. The van der Waals surface area contributed by atoms with Crippen LogP contribution in [0.4, 0.5) is 0 Å². The lowest BCUT2D eigenvalue weighted by molar-refractivity contribution is 0.647. The first kappa shape index (κ1) is 36.7. The molecule has 0 saturated heterocycles. The van der Waals surface area contributed by atoms with Crippen LogP contribution < -0.4 is 0 Å². The van der Waals surface area contributed by atoms with Crippen LogP contribution in [0.2, 0.25) is 0 Å². The molecule has 306 valence electrons. The molecule has 64 heavy (non-hydrogen) atoms. The number of benzene rings is 10. The minimum Gasteiger partial charge on any atom is -0.0619 e. The maximum Gasteiger partial charge on any atom is 0.0165 e. The zero-order chi connectivity index (χ0) is 43.4. The van der Waals surface area contributed by atoms with Crippen LogP contribution in [0.15, 0.2) is 158 Å². The minimum atomic E-state index is -0.112. The fraction of sp³-hybridized carbons (Fsp3) is 0.188. The third kappa shape index (κ3) is 4.26. The average Bonchev–Trinajstić information content (AvgIpc) is 3.87. The summed E-state index contributed by atoms with van der Waals surface area (Å²) < 4.78 is 0. The monoisotopic (exact) mass is 818 g/mol. The van der Waals surface area contributed by atoms with Gasteiger partial charge in [0.15, 0.2) is 0 Å². The molecule has 0 fully saturated rings. The lowest BCUT2D eigenvalue weighted by Gasteiger charge is -2.26. The van der Waals surface area contributed by atoms with E-state index in [1.165, 1.54) is 144 Å². The van der Waals surface area contributed by atoms with E-state index in [-0.39, 0.29) is 21.7 Å². The van der Waals surface area contributed by atoms with Crippen molar-refractivity contribution in [3.05, 3.63) is 202 Å². The molecule has 10 aromatic carbocycles. The third-order valence-corrected chi connectivity index (χ3v) is 17.0. The Balaban J connectivity index is 0.921. The van der Waals surface area contributed by atoms with Gasteiger partial charge in [0.2, 0.25) is 0 Å². The molecule has 0 aliphatic heterocycles. The van der Waals surface area contributed by atoms with Crippen molar-refractivity contribution in [2.24, 2.45) is 0 Å². The second-order valence-corrected chi connectivity index (χ2v) is 21.6. The summed E-state index contributed by atoms with van der Waals surface area (Å²) in [6, 6.07) is 61.4. The van der Waals surface area contributed by atoms with Gasteiger partial charge >= 0.3 is 0 Å². The van der Waals surface area contributed by atoms with Gasteiger partial charge in [-0.05, 0) is 156 Å². The zero-order valence-electron chi connectivity index (χ0n) is 38.0. The van der Waals surface area contributed by atoms with Gasteiger partial charge in [0.25, 0.3) is 0 Å². The van der Waals surface area contributed by atoms with Crippen molar-refractivity contribution in [1.29, 1.82) is 0 Å². The summed E-state index contributed by atoms with van der Waals surface area (Å²) in [5, 5.41) is 7.93. The van der Waals surface area contributed by atoms with Crippen LogP contribution in [-0.2, 0) is 21.7 Å². The molecule has 4 aliphatic rings. The Bertz CT molecular complexity index is 3520. The van der Waals surface area contributed by atoms with Crippen LogP contribution in [0, 0.1) is 0 Å². The zero-order valence-corrected chi connectivity index (χ0v) is 38.0. The van der Waals surface area contributed by atoms with Crippen LogP contribution in [0.1, 0.15) is 99.9 Å². The topological polar surface area (TPSA) is 0 Å². The molecule has 0 heterocycles. The summed E-state index contributed by atoms with van der Waals surface area (Å²) >= 11 is 0. The maximum atomic E-state index is 2.50. The minimum absolute atomic E-state index is 0.0212. The number of hydrogen-bond donors (Lipinski definition) is 0. The van der Waals surface area contributed by atoms with E-state index in [1.54, 1.807) is 0 Å². The van der Waals surface area contributed by atoms with Crippen molar-refractivity contribution in [2.45, 2.75) is 77.0 Å². The highest BCUT2D eigenvalue weighted by Crippen LogP contribution is 2.61. The standard InChI is InChI=1S/C64H50/c1-61(2)49-15-11-9-13-45(49)57-53(61)31-27-43-47-33-37(21-29-51(47)63(5,6)59(43)57)39-23-17-35-20-26-42-40(24-18-36-19-25-41(39)55(35)56(36)42)38-22-30-52-48(34-38)44-28-32-54-58(60(44)64(52,7)8)46-14-10-12-16-50(46)62(54,3)4/h9-34H,1-8H3. The van der Waals surface area contributed by atoms with Gasteiger partial charge in [-0.2, -0.15) is 0 Å². The second kappa shape index (κ2) is 11.7. The number of fused-ring (bicyclic) bond motifs is 14. The Hall–Kier alpha value is -6.76. The second-order valence-electron chi connectivity index (χ2n) is 21.6. The highest BCUT2D eigenvalue weighted by molar-refractivity contribution is 6.27. The van der Waals surface area contributed by atoms with E-state index in [9.17, 15) is 0 Å². The van der Waals surface area contributed by atoms with Crippen LogP contribution in [0.5, 0.6) is 0 Å². The largest absolute Gasteiger partial charge is 0.0619 e. The lowest BCUT2D eigenvalue weighted by atomic mass is 9.77. The molecule has 0 N–H and O–H groups in total. The molecule has 0 bridgehead atoms. The van der Waals surface area contributed by atoms with Crippen molar-refractivity contribution < 1.29 is 0 Å². The molecule has 0 heteroatoms. The molecule has 0 unspecified atom stereocenters. The summed E-state index contributed by atoms with van der Waals surface area (Å²) in [5.41, 5.74) is 27.7. The molecule has 0 radical (unpaired) electrons. The quantitative estimate of drug-likeness (QED) is 0.152. The summed E-state index contributed by atoms with van der Waals surface area (Å²) in [6.45, 7) is 19.3. The van der Waals surface area contributed by atoms with Crippen molar-refractivity contribution in [3.8, 4) is 66.8 Å². The third-order valence-electron chi connectivity index (χ3n) is 17.0. The fourth-order valence-corrected chi connectivity index (χ4v) is 13.9. The molecule has 0 atom stereocenters. The van der Waals surface area contributed by atoms with E-state index >= 15 is 0 Å². The Morgan fingerprint density at radius 3 is 1.06 bits per heavy atom. The van der Waals surface area contributed by atoms with E-state index in [2.05, 4.69) is 213 Å². The van der Waals surface area contributed by atoms with Gasteiger partial charge in [-0.3, -0.25) is 0 Å². The molecular weight excluding hydrogens is 769 g/mol. The highest BCUT2D eigenvalue weighted by atomic mass is 14.5. The Labute approximate surface area is 376 Å². The van der Waals surface area contributed by atoms with Gasteiger partial charge in [-0.1, -0.05) is 201 Å². The predicted octanol–water partition coefficient (Wildman–Crippen LogP) is 17.1. The first-order valence-corrected chi connectivity index (χ1v) is 23.3. The number of rotatable bonds is 2. The summed E-state index contributed by atoms with van der Waals surface area (Å²) in [6.07, 6.45) is 0. The molecule has 4 aliphatic carbocycles.